The van der Waals surface area contributed by atoms with Gasteiger partial charge in [-0.3, -0.25) is 19.3 Å². The number of nitrogens with zero attached hydrogens (tertiary/aromatic N) is 2. The maximum Gasteiger partial charge on any atom is 0.273 e. The molecule has 9 heteroatoms. The summed E-state index contributed by atoms with van der Waals surface area (Å²) < 4.78 is 4.21. The van der Waals surface area contributed by atoms with E-state index in [2.05, 4.69) is 15.0 Å². The number of benzene rings is 1. The number of hydrogen-bond acceptors (Lipinski definition) is 6. The van der Waals surface area contributed by atoms with Crippen molar-refractivity contribution in [1.29, 1.82) is 0 Å². The lowest BCUT2D eigenvalue weighted by Gasteiger charge is -2.26. The van der Waals surface area contributed by atoms with Crippen molar-refractivity contribution < 1.29 is 14.4 Å². The Labute approximate surface area is 204 Å². The third kappa shape index (κ3) is 5.94. The molecule has 0 saturated heterocycles. The van der Waals surface area contributed by atoms with Gasteiger partial charge in [-0.05, 0) is 49.3 Å². The molecule has 182 valence electrons. The fourth-order valence-corrected chi connectivity index (χ4v) is 5.54. The van der Waals surface area contributed by atoms with Crippen molar-refractivity contribution in [2.24, 2.45) is 0 Å². The van der Waals surface area contributed by atoms with Crippen molar-refractivity contribution in [1.82, 2.24) is 15.0 Å². The van der Waals surface area contributed by atoms with Crippen LogP contribution in [-0.2, 0) is 4.79 Å². The highest BCUT2D eigenvalue weighted by molar-refractivity contribution is 7.09. The lowest BCUT2D eigenvalue weighted by Crippen LogP contribution is -2.45. The van der Waals surface area contributed by atoms with Crippen LogP contribution in [0, 0.1) is 0 Å². The number of amides is 3. The minimum atomic E-state index is -0.434. The molecule has 2 aliphatic rings. The van der Waals surface area contributed by atoms with Crippen LogP contribution in [0.2, 0.25) is 0 Å². The van der Waals surface area contributed by atoms with Crippen LogP contribution in [0.25, 0.3) is 0 Å². The molecule has 0 aliphatic heterocycles. The molecule has 2 saturated carbocycles. The van der Waals surface area contributed by atoms with Crippen LogP contribution in [0.4, 0.5) is 11.4 Å². The lowest BCUT2D eigenvalue weighted by atomic mass is 9.95. The Kier molecular flexibility index (Phi) is 8.16. The van der Waals surface area contributed by atoms with Gasteiger partial charge in [0.15, 0.2) is 5.69 Å². The zero-order valence-corrected chi connectivity index (χ0v) is 20.2. The molecule has 0 bridgehead atoms. The number of carbonyl (C=O) groups excluding carboxylic acids is 3. The summed E-state index contributed by atoms with van der Waals surface area (Å²) in [6, 6.07) is 9.30. The molecule has 2 aliphatic carbocycles. The molecular formula is C25H33N5O3S. The maximum absolute atomic E-state index is 13.5. The van der Waals surface area contributed by atoms with E-state index in [9.17, 15) is 14.4 Å². The molecule has 8 nitrogen and oxygen atoms in total. The van der Waals surface area contributed by atoms with Gasteiger partial charge in [0.2, 0.25) is 5.91 Å². The van der Waals surface area contributed by atoms with Crippen molar-refractivity contribution in [2.45, 2.75) is 76.3 Å². The molecule has 0 radical (unpaired) electrons. The van der Waals surface area contributed by atoms with Crippen LogP contribution in [0.1, 0.15) is 84.4 Å². The number of carbonyl (C=O) groups is 3. The molecular weight excluding hydrogens is 450 g/mol. The average molecular weight is 484 g/mol. The predicted octanol–water partition coefficient (Wildman–Crippen LogP) is 3.88. The van der Waals surface area contributed by atoms with Crippen molar-refractivity contribution in [2.75, 3.05) is 17.2 Å². The number of rotatable bonds is 7. The fourth-order valence-electron chi connectivity index (χ4n) is 4.79. The third-order valence-electron chi connectivity index (χ3n) is 6.66. The quantitative estimate of drug-likeness (QED) is 0.552. The summed E-state index contributed by atoms with van der Waals surface area (Å²) in [5.74, 6) is -0.986. The van der Waals surface area contributed by atoms with Gasteiger partial charge in [-0.2, -0.15) is 4.37 Å². The number of para-hydroxylation sites is 1. The van der Waals surface area contributed by atoms with Crippen LogP contribution in [0.5, 0.6) is 0 Å². The first-order chi connectivity index (χ1) is 16.5. The monoisotopic (exact) mass is 483 g/mol. The third-order valence-corrected chi connectivity index (χ3v) is 7.51. The van der Waals surface area contributed by atoms with E-state index in [0.29, 0.717) is 5.69 Å². The molecule has 1 aromatic heterocycles. The van der Waals surface area contributed by atoms with Gasteiger partial charge >= 0.3 is 0 Å². The van der Waals surface area contributed by atoms with Gasteiger partial charge in [0.1, 0.15) is 11.4 Å². The zero-order chi connectivity index (χ0) is 23.9. The van der Waals surface area contributed by atoms with E-state index in [0.717, 1.165) is 62.9 Å². The highest BCUT2D eigenvalue weighted by Crippen LogP contribution is 2.27. The maximum atomic E-state index is 13.5. The summed E-state index contributed by atoms with van der Waals surface area (Å²) in [4.78, 5) is 40.7. The van der Waals surface area contributed by atoms with E-state index in [1.165, 1.54) is 17.7 Å². The molecule has 0 spiro atoms. The van der Waals surface area contributed by atoms with Crippen molar-refractivity contribution in [3.63, 3.8) is 0 Å². The number of nitrogen functional groups attached to an aromatic ring is 1. The SMILES string of the molecule is Nc1c(C(=O)NC2CCCCC2)nsc1C(=O)N(CC(=O)NC1CCCCC1)c1ccccc1. The van der Waals surface area contributed by atoms with Crippen molar-refractivity contribution in [3.8, 4) is 0 Å². The second-order valence-electron chi connectivity index (χ2n) is 9.21. The molecule has 34 heavy (non-hydrogen) atoms. The highest BCUT2D eigenvalue weighted by atomic mass is 32.1. The van der Waals surface area contributed by atoms with Gasteiger partial charge in [0.25, 0.3) is 11.8 Å². The van der Waals surface area contributed by atoms with Gasteiger partial charge in [-0.1, -0.05) is 56.7 Å². The Bertz CT molecular complexity index is 997. The Hall–Kier alpha value is -2.94. The van der Waals surface area contributed by atoms with Crippen LogP contribution < -0.4 is 21.3 Å². The molecule has 4 N–H and O–H groups in total. The topological polar surface area (TPSA) is 117 Å². The number of aromatic nitrogens is 1. The van der Waals surface area contributed by atoms with Gasteiger partial charge in [0, 0.05) is 17.8 Å². The highest BCUT2D eigenvalue weighted by Gasteiger charge is 2.29. The predicted molar refractivity (Wildman–Crippen MR) is 134 cm³/mol. The molecule has 1 aromatic carbocycles. The summed E-state index contributed by atoms with van der Waals surface area (Å²) in [5, 5.41) is 6.07. The molecule has 0 atom stereocenters. The summed E-state index contributed by atoms with van der Waals surface area (Å²) in [6.07, 6.45) is 10.6. The molecule has 4 rings (SSSR count). The Morgan fingerprint density at radius 3 is 2.12 bits per heavy atom. The van der Waals surface area contributed by atoms with Gasteiger partial charge in [-0.15, -0.1) is 0 Å². The first-order valence-electron chi connectivity index (χ1n) is 12.2. The van der Waals surface area contributed by atoms with Gasteiger partial charge < -0.3 is 16.4 Å². The van der Waals surface area contributed by atoms with Crippen LogP contribution >= 0.6 is 11.5 Å². The van der Waals surface area contributed by atoms with E-state index < -0.39 is 5.91 Å². The summed E-state index contributed by atoms with van der Waals surface area (Å²) >= 11 is 0.902. The van der Waals surface area contributed by atoms with Crippen LogP contribution in [0.15, 0.2) is 30.3 Å². The minimum absolute atomic E-state index is 0.0666. The van der Waals surface area contributed by atoms with Crippen molar-refractivity contribution >= 4 is 40.6 Å². The Morgan fingerprint density at radius 1 is 0.912 bits per heavy atom. The standard InChI is InChI=1S/C25H33N5O3S/c26-21-22(24(32)28-18-12-6-2-7-13-18)29-34-23(21)25(33)30(19-14-8-3-9-15-19)16-20(31)27-17-10-4-1-5-11-17/h3,8-9,14-15,17-18H,1-2,4-7,10-13,16,26H2,(H,27,31)(H,28,32). The largest absolute Gasteiger partial charge is 0.395 e. The van der Waals surface area contributed by atoms with Crippen molar-refractivity contribution in [3.05, 3.63) is 40.9 Å². The zero-order valence-electron chi connectivity index (χ0n) is 19.4. The molecule has 2 aromatic rings. The first kappa shape index (κ1) is 24.2. The number of nitrogens with two attached hydrogens (primary N) is 1. The normalized spacial score (nSPS) is 17.2. The van der Waals surface area contributed by atoms with Crippen LogP contribution in [-0.4, -0.2) is 40.7 Å². The number of hydrogen-bond donors (Lipinski definition) is 3. The van der Waals surface area contributed by atoms with E-state index >= 15 is 0 Å². The minimum Gasteiger partial charge on any atom is -0.395 e. The van der Waals surface area contributed by atoms with E-state index in [-0.39, 0.29) is 46.7 Å². The molecule has 1 heterocycles. The molecule has 0 unspecified atom stereocenters. The van der Waals surface area contributed by atoms with Gasteiger partial charge in [-0.25, -0.2) is 0 Å². The Balaban J connectivity index is 1.49. The second kappa shape index (κ2) is 11.5. The first-order valence-corrected chi connectivity index (χ1v) is 13.0. The second-order valence-corrected chi connectivity index (χ2v) is 9.99. The molecule has 3 amide bonds. The average Bonchev–Trinajstić information content (AvgIpc) is 3.25. The summed E-state index contributed by atoms with van der Waals surface area (Å²) in [7, 11) is 0. The fraction of sp³-hybridized carbons (Fsp3) is 0.520. The Morgan fingerprint density at radius 2 is 1.50 bits per heavy atom. The lowest BCUT2D eigenvalue weighted by molar-refractivity contribution is -0.120. The van der Waals surface area contributed by atoms with Crippen LogP contribution in [0.3, 0.4) is 0 Å². The van der Waals surface area contributed by atoms with Gasteiger partial charge in [0.05, 0.1) is 5.69 Å². The molecule has 2 fully saturated rings. The summed E-state index contributed by atoms with van der Waals surface area (Å²) in [5.41, 5.74) is 6.98. The van der Waals surface area contributed by atoms with E-state index in [1.807, 2.05) is 18.2 Å². The summed E-state index contributed by atoms with van der Waals surface area (Å²) in [6.45, 7) is -0.125. The number of nitrogens with one attached hydrogen (secondary N) is 2. The van der Waals surface area contributed by atoms with E-state index in [1.54, 1.807) is 12.1 Å². The van der Waals surface area contributed by atoms with E-state index in [4.69, 9.17) is 5.73 Å². The smallest absolute Gasteiger partial charge is 0.273 e. The number of anilines is 2.